The highest BCUT2D eigenvalue weighted by molar-refractivity contribution is 5.47. The number of hydrogen-bond acceptors (Lipinski definition) is 0. The molecule has 0 aromatic heterocycles. The van der Waals surface area contributed by atoms with E-state index < -0.39 is 0 Å². The van der Waals surface area contributed by atoms with Gasteiger partial charge in [-0.05, 0) is 24.0 Å². The van der Waals surface area contributed by atoms with Crippen LogP contribution in [-0.4, -0.2) is 18.1 Å². The fraction of sp³-hybridized carbons (Fsp3) is 0.568. The maximum atomic E-state index is 3.90. The highest BCUT2D eigenvalue weighted by Crippen LogP contribution is 2.21. The zero-order chi connectivity index (χ0) is 27.3. The Balaban J connectivity index is 1.65. The molecule has 0 unspecified atom stereocenters. The summed E-state index contributed by atoms with van der Waals surface area (Å²) >= 11 is 0. The Labute approximate surface area is 236 Å². The van der Waals surface area contributed by atoms with E-state index in [2.05, 4.69) is 75.7 Å². The first kappa shape index (κ1) is 32.1. The normalized spacial score (nSPS) is 11.5. The van der Waals surface area contributed by atoms with Gasteiger partial charge in [0.05, 0.1) is 13.6 Å². The number of benzene rings is 2. The Kier molecular flexibility index (Phi) is 16.8. The van der Waals surface area contributed by atoms with Crippen molar-refractivity contribution in [3.8, 4) is 0 Å². The van der Waals surface area contributed by atoms with E-state index in [0.29, 0.717) is 0 Å². The highest BCUT2D eigenvalue weighted by atomic mass is 15.3. The summed E-state index contributed by atoms with van der Waals surface area (Å²) in [7, 11) is 2.44. The van der Waals surface area contributed by atoms with Gasteiger partial charge in [0, 0.05) is 11.1 Å². The summed E-state index contributed by atoms with van der Waals surface area (Å²) < 4.78 is 1.06. The van der Waals surface area contributed by atoms with E-state index in [-0.39, 0.29) is 0 Å². The lowest BCUT2D eigenvalue weighted by molar-refractivity contribution is -0.935. The SMILES string of the molecule is C=Cc1ccc(C[N+](C)(CCCCCCCCCCCCCCCCCC)Cc2ccc(C=C)cc2)cc1. The lowest BCUT2D eigenvalue weighted by atomic mass is 10.0. The Bertz CT molecular complexity index is 807. The van der Waals surface area contributed by atoms with Gasteiger partial charge >= 0.3 is 0 Å². The van der Waals surface area contributed by atoms with E-state index in [1.807, 2.05) is 12.2 Å². The van der Waals surface area contributed by atoms with E-state index in [1.165, 1.54) is 132 Å². The molecular formula is C37H58N+. The van der Waals surface area contributed by atoms with Crippen LogP contribution in [0.15, 0.2) is 61.7 Å². The van der Waals surface area contributed by atoms with Crippen LogP contribution in [0.1, 0.15) is 132 Å². The molecule has 0 radical (unpaired) electrons. The van der Waals surface area contributed by atoms with Crippen molar-refractivity contribution in [1.29, 1.82) is 0 Å². The molecule has 0 aliphatic rings. The topological polar surface area (TPSA) is 0 Å². The fourth-order valence-corrected chi connectivity index (χ4v) is 5.66. The monoisotopic (exact) mass is 516 g/mol. The number of rotatable bonds is 23. The maximum Gasteiger partial charge on any atom is 0.104 e. The summed E-state index contributed by atoms with van der Waals surface area (Å²) in [6.07, 6.45) is 26.6. The third kappa shape index (κ3) is 14.1. The van der Waals surface area contributed by atoms with Crippen molar-refractivity contribution in [3.05, 3.63) is 83.9 Å². The molecule has 1 heteroatoms. The van der Waals surface area contributed by atoms with Gasteiger partial charge < -0.3 is 4.48 Å². The van der Waals surface area contributed by atoms with Gasteiger partial charge in [0.15, 0.2) is 0 Å². The van der Waals surface area contributed by atoms with Gasteiger partial charge in [-0.2, -0.15) is 0 Å². The average molecular weight is 517 g/mol. The minimum absolute atomic E-state index is 1.06. The third-order valence-corrected chi connectivity index (χ3v) is 8.11. The number of quaternary nitrogens is 1. The van der Waals surface area contributed by atoms with Gasteiger partial charge in [-0.15, -0.1) is 0 Å². The maximum absolute atomic E-state index is 3.90. The molecular weight excluding hydrogens is 458 g/mol. The van der Waals surface area contributed by atoms with Crippen molar-refractivity contribution >= 4 is 12.2 Å². The van der Waals surface area contributed by atoms with E-state index in [1.54, 1.807) is 0 Å². The molecule has 0 atom stereocenters. The lowest BCUT2D eigenvalue weighted by Gasteiger charge is -2.35. The average Bonchev–Trinajstić information content (AvgIpc) is 2.93. The second kappa shape index (κ2) is 19.9. The lowest BCUT2D eigenvalue weighted by Crippen LogP contribution is -2.43. The largest absolute Gasteiger partial charge is 0.319 e. The molecule has 0 fully saturated rings. The molecule has 0 saturated heterocycles. The van der Waals surface area contributed by atoms with Crippen molar-refractivity contribution in [1.82, 2.24) is 0 Å². The smallest absolute Gasteiger partial charge is 0.104 e. The minimum Gasteiger partial charge on any atom is -0.319 e. The van der Waals surface area contributed by atoms with Crippen LogP contribution in [0.2, 0.25) is 0 Å². The zero-order valence-corrected chi connectivity index (χ0v) is 25.1. The molecule has 2 aromatic carbocycles. The van der Waals surface area contributed by atoms with Gasteiger partial charge in [-0.25, -0.2) is 0 Å². The van der Waals surface area contributed by atoms with E-state index in [0.717, 1.165) is 17.6 Å². The quantitative estimate of drug-likeness (QED) is 0.102. The molecule has 0 aliphatic carbocycles. The molecule has 0 spiro atoms. The molecule has 2 aromatic rings. The van der Waals surface area contributed by atoms with Crippen molar-refractivity contribution in [3.63, 3.8) is 0 Å². The molecule has 0 bridgehead atoms. The van der Waals surface area contributed by atoms with Crippen LogP contribution in [-0.2, 0) is 13.1 Å². The molecule has 210 valence electrons. The van der Waals surface area contributed by atoms with Crippen molar-refractivity contribution < 1.29 is 4.48 Å². The summed E-state index contributed by atoms with van der Waals surface area (Å²) in [6.45, 7) is 13.5. The molecule has 0 aliphatic heterocycles. The number of hydrogen-bond donors (Lipinski definition) is 0. The summed E-state index contributed by atoms with van der Waals surface area (Å²) in [5.74, 6) is 0. The molecule has 2 rings (SSSR count). The Morgan fingerprint density at radius 2 is 0.816 bits per heavy atom. The number of unbranched alkanes of at least 4 members (excludes halogenated alkanes) is 15. The third-order valence-electron chi connectivity index (χ3n) is 8.11. The molecule has 0 amide bonds. The fourth-order valence-electron chi connectivity index (χ4n) is 5.66. The molecule has 1 nitrogen and oxygen atoms in total. The predicted octanol–water partition coefficient (Wildman–Crippen LogP) is 11.4. The van der Waals surface area contributed by atoms with Gasteiger partial charge in [0.1, 0.15) is 13.1 Å². The highest BCUT2D eigenvalue weighted by Gasteiger charge is 2.22. The van der Waals surface area contributed by atoms with Gasteiger partial charge in [0.2, 0.25) is 0 Å². The predicted molar refractivity (Wildman–Crippen MR) is 171 cm³/mol. The summed E-state index contributed by atoms with van der Waals surface area (Å²) in [6, 6.07) is 17.9. The summed E-state index contributed by atoms with van der Waals surface area (Å²) in [4.78, 5) is 0. The molecule has 0 N–H and O–H groups in total. The van der Waals surface area contributed by atoms with Gasteiger partial charge in [-0.1, -0.05) is 171 Å². The summed E-state index contributed by atoms with van der Waals surface area (Å²) in [5.41, 5.74) is 5.22. The summed E-state index contributed by atoms with van der Waals surface area (Å²) in [5, 5.41) is 0. The standard InChI is InChI=1S/C37H58N/c1-5-8-9-10-11-12-13-14-15-16-17-18-19-20-21-22-31-38(4,32-36-27-23-34(6-2)24-28-36)33-37-29-25-35(7-3)26-30-37/h6-7,23-30H,2-3,5,8-22,31-33H2,1,4H3/q+1. The van der Waals surface area contributed by atoms with E-state index in [9.17, 15) is 0 Å². The van der Waals surface area contributed by atoms with Crippen molar-refractivity contribution in [2.75, 3.05) is 13.6 Å². The minimum atomic E-state index is 1.06. The second-order valence-electron chi connectivity index (χ2n) is 11.9. The Morgan fingerprint density at radius 1 is 0.500 bits per heavy atom. The van der Waals surface area contributed by atoms with Crippen LogP contribution in [0.4, 0.5) is 0 Å². The second-order valence-corrected chi connectivity index (χ2v) is 11.9. The van der Waals surface area contributed by atoms with E-state index >= 15 is 0 Å². The van der Waals surface area contributed by atoms with Crippen LogP contribution in [0.5, 0.6) is 0 Å². The van der Waals surface area contributed by atoms with Crippen LogP contribution in [0, 0.1) is 0 Å². The molecule has 0 saturated carbocycles. The van der Waals surface area contributed by atoms with Crippen molar-refractivity contribution in [2.45, 2.75) is 123 Å². The van der Waals surface area contributed by atoms with Crippen molar-refractivity contribution in [2.24, 2.45) is 0 Å². The van der Waals surface area contributed by atoms with Crippen LogP contribution < -0.4 is 0 Å². The first-order valence-corrected chi connectivity index (χ1v) is 15.8. The van der Waals surface area contributed by atoms with Crippen LogP contribution in [0.25, 0.3) is 12.2 Å². The first-order valence-electron chi connectivity index (χ1n) is 15.8. The first-order chi connectivity index (χ1) is 18.6. The Morgan fingerprint density at radius 3 is 1.13 bits per heavy atom. The zero-order valence-electron chi connectivity index (χ0n) is 25.1. The van der Waals surface area contributed by atoms with Gasteiger partial charge in [0.25, 0.3) is 0 Å². The van der Waals surface area contributed by atoms with Gasteiger partial charge in [-0.3, -0.25) is 0 Å². The van der Waals surface area contributed by atoms with Crippen LogP contribution in [0.3, 0.4) is 0 Å². The molecule has 0 heterocycles. The number of nitrogens with zero attached hydrogens (tertiary/aromatic N) is 1. The molecule has 38 heavy (non-hydrogen) atoms. The van der Waals surface area contributed by atoms with Crippen LogP contribution >= 0.6 is 0 Å². The Hall–Kier alpha value is -2.12. The van der Waals surface area contributed by atoms with E-state index in [4.69, 9.17) is 0 Å².